The molecule has 0 spiro atoms. The summed E-state index contributed by atoms with van der Waals surface area (Å²) < 4.78 is 64.8. The van der Waals surface area contributed by atoms with Crippen molar-refractivity contribution in [3.8, 4) is 0 Å². The number of aromatic nitrogens is 2. The van der Waals surface area contributed by atoms with E-state index in [-0.39, 0.29) is 29.8 Å². The molecule has 0 atom stereocenters. The number of rotatable bonds is 4. The lowest BCUT2D eigenvalue weighted by atomic mass is 9.95. The Morgan fingerprint density at radius 3 is 2.50 bits per heavy atom. The zero-order valence-corrected chi connectivity index (χ0v) is 14.6. The maximum atomic E-state index is 13.6. The van der Waals surface area contributed by atoms with Crippen LogP contribution in [-0.2, 0) is 17.5 Å². The second-order valence-electron chi connectivity index (χ2n) is 6.47. The molecule has 5 nitrogen and oxygen atoms in total. The van der Waals surface area contributed by atoms with E-state index in [9.17, 15) is 26.7 Å². The standard InChI is InChI=1S/C18H17F5N4O/c19-13-2-1-12(14(20)7-13)9-24-17(28)11-3-5-27(6-4-11)16-8-15(18(21,22)23)25-10-26-16/h1-2,7-8,10-11H,3-6,9H2,(H,24,28). The van der Waals surface area contributed by atoms with Crippen LogP contribution in [-0.4, -0.2) is 29.0 Å². The summed E-state index contributed by atoms with van der Waals surface area (Å²) in [6, 6.07) is 4.01. The van der Waals surface area contributed by atoms with Gasteiger partial charge in [-0.3, -0.25) is 4.79 Å². The third-order valence-electron chi connectivity index (χ3n) is 4.60. The lowest BCUT2D eigenvalue weighted by molar-refractivity contribution is -0.141. The molecule has 28 heavy (non-hydrogen) atoms. The number of halogens is 5. The van der Waals surface area contributed by atoms with E-state index in [1.54, 1.807) is 4.90 Å². The third-order valence-corrected chi connectivity index (χ3v) is 4.60. The van der Waals surface area contributed by atoms with Gasteiger partial charge in [0.2, 0.25) is 5.91 Å². The van der Waals surface area contributed by atoms with Crippen molar-refractivity contribution in [2.24, 2.45) is 5.92 Å². The maximum Gasteiger partial charge on any atom is 0.433 e. The van der Waals surface area contributed by atoms with Crippen LogP contribution < -0.4 is 10.2 Å². The van der Waals surface area contributed by atoms with E-state index < -0.39 is 23.5 Å². The Morgan fingerprint density at radius 2 is 1.86 bits per heavy atom. The summed E-state index contributed by atoms with van der Waals surface area (Å²) in [6.07, 6.45) is -2.84. The molecule has 10 heteroatoms. The minimum absolute atomic E-state index is 0.0635. The van der Waals surface area contributed by atoms with Crippen LogP contribution in [0.15, 0.2) is 30.6 Å². The number of nitrogens with zero attached hydrogens (tertiary/aromatic N) is 3. The number of amides is 1. The molecule has 0 saturated carbocycles. The number of nitrogens with one attached hydrogen (secondary N) is 1. The van der Waals surface area contributed by atoms with Gasteiger partial charge in [-0.05, 0) is 18.9 Å². The Kier molecular flexibility index (Phi) is 5.76. The average molecular weight is 400 g/mol. The van der Waals surface area contributed by atoms with E-state index >= 15 is 0 Å². The molecule has 0 unspecified atom stereocenters. The van der Waals surface area contributed by atoms with Gasteiger partial charge in [0.15, 0.2) is 0 Å². The number of carbonyl (C=O) groups is 1. The number of alkyl halides is 3. The van der Waals surface area contributed by atoms with Gasteiger partial charge in [0, 0.05) is 43.2 Å². The lowest BCUT2D eigenvalue weighted by Crippen LogP contribution is -2.40. The monoisotopic (exact) mass is 400 g/mol. The Bertz CT molecular complexity index is 850. The van der Waals surface area contributed by atoms with Gasteiger partial charge in [-0.25, -0.2) is 18.7 Å². The summed E-state index contributed by atoms with van der Waals surface area (Å²) in [5.74, 6) is -1.89. The molecule has 1 aliphatic heterocycles. The molecule has 1 N–H and O–H groups in total. The first-order valence-electron chi connectivity index (χ1n) is 8.60. The lowest BCUT2D eigenvalue weighted by Gasteiger charge is -2.32. The predicted octanol–water partition coefficient (Wildman–Crippen LogP) is 3.31. The Hall–Kier alpha value is -2.78. The second kappa shape index (κ2) is 8.07. The van der Waals surface area contributed by atoms with Gasteiger partial charge in [-0.15, -0.1) is 0 Å². The summed E-state index contributed by atoms with van der Waals surface area (Å²) in [6.45, 7) is 0.653. The highest BCUT2D eigenvalue weighted by Gasteiger charge is 2.34. The van der Waals surface area contributed by atoms with Crippen LogP contribution in [0.3, 0.4) is 0 Å². The number of benzene rings is 1. The highest BCUT2D eigenvalue weighted by molar-refractivity contribution is 5.79. The summed E-state index contributed by atoms with van der Waals surface area (Å²) in [4.78, 5) is 21.1. The van der Waals surface area contributed by atoms with Crippen molar-refractivity contribution in [3.05, 3.63) is 53.5 Å². The van der Waals surface area contributed by atoms with Crippen molar-refractivity contribution in [2.45, 2.75) is 25.6 Å². The summed E-state index contributed by atoms with van der Waals surface area (Å²) in [7, 11) is 0. The number of carbonyl (C=O) groups excluding carboxylic acids is 1. The fourth-order valence-electron chi connectivity index (χ4n) is 3.04. The first-order valence-corrected chi connectivity index (χ1v) is 8.60. The maximum absolute atomic E-state index is 13.6. The summed E-state index contributed by atoms with van der Waals surface area (Å²) in [5.41, 5.74) is -0.841. The first kappa shape index (κ1) is 20.0. The fraction of sp³-hybridized carbons (Fsp3) is 0.389. The van der Waals surface area contributed by atoms with E-state index in [1.165, 1.54) is 6.07 Å². The predicted molar refractivity (Wildman–Crippen MR) is 90.2 cm³/mol. The molecule has 0 aliphatic carbocycles. The van der Waals surface area contributed by atoms with Gasteiger partial charge in [0.25, 0.3) is 0 Å². The quantitative estimate of drug-likeness (QED) is 0.801. The number of anilines is 1. The van der Waals surface area contributed by atoms with Crippen molar-refractivity contribution >= 4 is 11.7 Å². The van der Waals surface area contributed by atoms with Crippen LogP contribution in [0.1, 0.15) is 24.1 Å². The molecular formula is C18H17F5N4O. The minimum Gasteiger partial charge on any atom is -0.356 e. The molecule has 1 aliphatic rings. The highest BCUT2D eigenvalue weighted by Crippen LogP contribution is 2.30. The molecule has 0 radical (unpaired) electrons. The largest absolute Gasteiger partial charge is 0.433 e. The van der Waals surface area contributed by atoms with Gasteiger partial charge in [-0.2, -0.15) is 13.2 Å². The Balaban J connectivity index is 1.54. The summed E-state index contributed by atoms with van der Waals surface area (Å²) in [5, 5.41) is 2.62. The van der Waals surface area contributed by atoms with Gasteiger partial charge in [0.05, 0.1) is 0 Å². The van der Waals surface area contributed by atoms with Crippen molar-refractivity contribution in [3.63, 3.8) is 0 Å². The van der Waals surface area contributed by atoms with Crippen molar-refractivity contribution in [1.82, 2.24) is 15.3 Å². The molecule has 1 amide bonds. The van der Waals surface area contributed by atoms with Crippen LogP contribution >= 0.6 is 0 Å². The van der Waals surface area contributed by atoms with Gasteiger partial charge in [0.1, 0.15) is 29.5 Å². The fourth-order valence-corrected chi connectivity index (χ4v) is 3.04. The number of hydrogen-bond acceptors (Lipinski definition) is 4. The third kappa shape index (κ3) is 4.73. The second-order valence-corrected chi connectivity index (χ2v) is 6.47. The van der Waals surface area contributed by atoms with Crippen LogP contribution in [0.4, 0.5) is 27.8 Å². The van der Waals surface area contributed by atoms with Gasteiger partial charge in [-0.1, -0.05) is 6.07 Å². The van der Waals surface area contributed by atoms with Crippen LogP contribution in [0.25, 0.3) is 0 Å². The van der Waals surface area contributed by atoms with Crippen molar-refractivity contribution < 1.29 is 26.7 Å². The molecule has 1 saturated heterocycles. The van der Waals surface area contributed by atoms with Crippen LogP contribution in [0.2, 0.25) is 0 Å². The smallest absolute Gasteiger partial charge is 0.356 e. The molecule has 0 bridgehead atoms. The molecule has 1 aromatic heterocycles. The molecule has 3 rings (SSSR count). The first-order chi connectivity index (χ1) is 13.2. The number of piperidine rings is 1. The van der Waals surface area contributed by atoms with E-state index in [1.807, 2.05) is 0 Å². The summed E-state index contributed by atoms with van der Waals surface area (Å²) >= 11 is 0. The van der Waals surface area contributed by atoms with Gasteiger partial charge < -0.3 is 10.2 Å². The van der Waals surface area contributed by atoms with E-state index in [4.69, 9.17) is 0 Å². The van der Waals surface area contributed by atoms with Gasteiger partial charge >= 0.3 is 6.18 Å². The topological polar surface area (TPSA) is 58.1 Å². The molecule has 2 aromatic rings. The Morgan fingerprint density at radius 1 is 1.14 bits per heavy atom. The van der Waals surface area contributed by atoms with E-state index in [0.29, 0.717) is 25.9 Å². The molecule has 1 fully saturated rings. The van der Waals surface area contributed by atoms with Crippen LogP contribution in [0.5, 0.6) is 0 Å². The normalized spacial score (nSPS) is 15.5. The average Bonchev–Trinajstić information content (AvgIpc) is 2.67. The molecule has 2 heterocycles. The van der Waals surface area contributed by atoms with Crippen molar-refractivity contribution in [2.75, 3.05) is 18.0 Å². The molecule has 150 valence electrons. The molecule has 1 aromatic carbocycles. The van der Waals surface area contributed by atoms with Crippen LogP contribution in [0, 0.1) is 17.6 Å². The highest BCUT2D eigenvalue weighted by atomic mass is 19.4. The zero-order chi connectivity index (χ0) is 20.3. The van der Waals surface area contributed by atoms with E-state index in [2.05, 4.69) is 15.3 Å². The Labute approximate surface area is 157 Å². The minimum atomic E-state index is -4.55. The molecular weight excluding hydrogens is 383 g/mol. The SMILES string of the molecule is O=C(NCc1ccc(F)cc1F)C1CCN(c2cc(C(F)(F)F)ncn2)CC1. The number of hydrogen-bond donors (Lipinski definition) is 1. The van der Waals surface area contributed by atoms with E-state index in [0.717, 1.165) is 24.5 Å². The van der Waals surface area contributed by atoms with Crippen molar-refractivity contribution in [1.29, 1.82) is 0 Å². The zero-order valence-electron chi connectivity index (χ0n) is 14.6.